The highest BCUT2D eigenvalue weighted by atomic mass is 16.4. The highest BCUT2D eigenvalue weighted by Gasteiger charge is 2.09. The molecule has 17 heavy (non-hydrogen) atoms. The van der Waals surface area contributed by atoms with Gasteiger partial charge in [0, 0.05) is 22.2 Å². The van der Waals surface area contributed by atoms with E-state index in [9.17, 15) is 9.90 Å². The molecule has 0 saturated heterocycles. The molecule has 3 aromatic rings. The molecule has 3 heteroatoms. The summed E-state index contributed by atoms with van der Waals surface area (Å²) >= 11 is 0. The predicted octanol–water partition coefficient (Wildman–Crippen LogP) is 2.96. The third-order valence-corrected chi connectivity index (χ3v) is 2.94. The third-order valence-electron chi connectivity index (χ3n) is 2.94. The third kappa shape index (κ3) is 1.40. The molecule has 1 heterocycles. The average Bonchev–Trinajstić information content (AvgIpc) is 2.31. The first-order chi connectivity index (χ1) is 8.16. The van der Waals surface area contributed by atoms with Gasteiger partial charge in [0.1, 0.15) is 11.3 Å². The standard InChI is InChI=1S/C14H10O3/c1-8-6-13(16)17-14-10-5-3-2-4-9(10)12(15)7-11(8)14/h2-7,15H,1H3. The number of aryl methyl sites for hydroxylation is 1. The van der Waals surface area contributed by atoms with E-state index in [0.29, 0.717) is 11.0 Å². The van der Waals surface area contributed by atoms with Crippen LogP contribution in [-0.2, 0) is 0 Å². The second-order valence-corrected chi connectivity index (χ2v) is 4.07. The smallest absolute Gasteiger partial charge is 0.336 e. The van der Waals surface area contributed by atoms with Crippen LogP contribution in [0.2, 0.25) is 0 Å². The molecule has 0 amide bonds. The van der Waals surface area contributed by atoms with Crippen LogP contribution in [0.25, 0.3) is 21.7 Å². The van der Waals surface area contributed by atoms with Crippen LogP contribution in [0.5, 0.6) is 5.75 Å². The molecule has 84 valence electrons. The zero-order chi connectivity index (χ0) is 12.0. The number of phenolic OH excluding ortho intramolecular Hbond substituents is 1. The summed E-state index contributed by atoms with van der Waals surface area (Å²) in [4.78, 5) is 11.4. The zero-order valence-electron chi connectivity index (χ0n) is 9.23. The summed E-state index contributed by atoms with van der Waals surface area (Å²) in [5.41, 5.74) is 0.964. The Hall–Kier alpha value is -2.29. The quantitative estimate of drug-likeness (QED) is 0.473. The monoisotopic (exact) mass is 226 g/mol. The lowest BCUT2D eigenvalue weighted by Gasteiger charge is -2.06. The first kappa shape index (κ1) is 9.90. The lowest BCUT2D eigenvalue weighted by Crippen LogP contribution is -1.98. The van der Waals surface area contributed by atoms with Crippen LogP contribution in [0.4, 0.5) is 0 Å². The Morgan fingerprint density at radius 2 is 1.76 bits per heavy atom. The maximum atomic E-state index is 11.4. The molecule has 1 aromatic heterocycles. The van der Waals surface area contributed by atoms with Gasteiger partial charge in [-0.1, -0.05) is 24.3 Å². The maximum absolute atomic E-state index is 11.4. The molecular weight excluding hydrogens is 216 g/mol. The minimum Gasteiger partial charge on any atom is -0.507 e. The molecule has 0 aliphatic carbocycles. The second-order valence-electron chi connectivity index (χ2n) is 4.07. The van der Waals surface area contributed by atoms with Gasteiger partial charge in [0.2, 0.25) is 0 Å². The van der Waals surface area contributed by atoms with Crippen LogP contribution < -0.4 is 5.63 Å². The molecule has 0 spiro atoms. The molecule has 0 aliphatic heterocycles. The molecular formula is C14H10O3. The number of hydrogen-bond donors (Lipinski definition) is 1. The molecule has 0 bridgehead atoms. The van der Waals surface area contributed by atoms with E-state index in [1.807, 2.05) is 25.1 Å². The van der Waals surface area contributed by atoms with Crippen molar-refractivity contribution in [3.05, 3.63) is 52.4 Å². The van der Waals surface area contributed by atoms with E-state index in [2.05, 4.69) is 0 Å². The van der Waals surface area contributed by atoms with Gasteiger partial charge in [-0.2, -0.15) is 0 Å². The summed E-state index contributed by atoms with van der Waals surface area (Å²) in [6.07, 6.45) is 0. The number of benzene rings is 2. The molecule has 3 nitrogen and oxygen atoms in total. The van der Waals surface area contributed by atoms with Gasteiger partial charge >= 0.3 is 5.63 Å². The summed E-state index contributed by atoms with van der Waals surface area (Å²) in [5.74, 6) is 0.199. The summed E-state index contributed by atoms with van der Waals surface area (Å²) in [6.45, 7) is 1.83. The number of fused-ring (bicyclic) bond motifs is 3. The van der Waals surface area contributed by atoms with Gasteiger partial charge in [-0.05, 0) is 18.6 Å². The van der Waals surface area contributed by atoms with Gasteiger partial charge in [-0.25, -0.2) is 4.79 Å². The van der Waals surface area contributed by atoms with Crippen molar-refractivity contribution in [1.82, 2.24) is 0 Å². The lowest BCUT2D eigenvalue weighted by molar-refractivity contribution is 0.481. The first-order valence-electron chi connectivity index (χ1n) is 5.32. The van der Waals surface area contributed by atoms with Crippen molar-refractivity contribution in [2.75, 3.05) is 0 Å². The van der Waals surface area contributed by atoms with Gasteiger partial charge in [0.25, 0.3) is 0 Å². The zero-order valence-corrected chi connectivity index (χ0v) is 9.23. The molecule has 0 fully saturated rings. The van der Waals surface area contributed by atoms with E-state index in [1.54, 1.807) is 12.1 Å². The van der Waals surface area contributed by atoms with Gasteiger partial charge in [-0.3, -0.25) is 0 Å². The Balaban J connectivity index is 2.68. The van der Waals surface area contributed by atoms with Gasteiger partial charge in [0.05, 0.1) is 0 Å². The van der Waals surface area contributed by atoms with Crippen molar-refractivity contribution in [1.29, 1.82) is 0 Å². The topological polar surface area (TPSA) is 50.4 Å². The Morgan fingerprint density at radius 3 is 2.53 bits per heavy atom. The van der Waals surface area contributed by atoms with E-state index >= 15 is 0 Å². The summed E-state index contributed by atoms with van der Waals surface area (Å²) in [7, 11) is 0. The van der Waals surface area contributed by atoms with Crippen molar-refractivity contribution in [2.45, 2.75) is 6.92 Å². The highest BCUT2D eigenvalue weighted by Crippen LogP contribution is 2.32. The van der Waals surface area contributed by atoms with Crippen LogP contribution in [-0.4, -0.2) is 5.11 Å². The number of phenols is 1. The van der Waals surface area contributed by atoms with Crippen molar-refractivity contribution in [3.8, 4) is 5.75 Å². The normalized spacial score (nSPS) is 11.1. The molecule has 0 atom stereocenters. The fourth-order valence-corrected chi connectivity index (χ4v) is 2.12. The number of rotatable bonds is 0. The van der Waals surface area contributed by atoms with Crippen LogP contribution >= 0.6 is 0 Å². The molecule has 0 radical (unpaired) electrons. The van der Waals surface area contributed by atoms with E-state index < -0.39 is 0 Å². The van der Waals surface area contributed by atoms with Crippen molar-refractivity contribution in [3.63, 3.8) is 0 Å². The van der Waals surface area contributed by atoms with Crippen LogP contribution in [0.3, 0.4) is 0 Å². The fourth-order valence-electron chi connectivity index (χ4n) is 2.12. The summed E-state index contributed by atoms with van der Waals surface area (Å²) < 4.78 is 5.24. The van der Waals surface area contributed by atoms with E-state index in [0.717, 1.165) is 16.3 Å². The Morgan fingerprint density at radius 1 is 1.06 bits per heavy atom. The first-order valence-corrected chi connectivity index (χ1v) is 5.32. The maximum Gasteiger partial charge on any atom is 0.336 e. The SMILES string of the molecule is Cc1cc(=O)oc2c1cc(O)c1ccccc12. The van der Waals surface area contributed by atoms with Gasteiger partial charge in [-0.15, -0.1) is 0 Å². The Kier molecular flexibility index (Phi) is 1.95. The van der Waals surface area contributed by atoms with Gasteiger partial charge in [0.15, 0.2) is 0 Å². The number of aromatic hydroxyl groups is 1. The van der Waals surface area contributed by atoms with Crippen LogP contribution in [0.15, 0.2) is 45.6 Å². The van der Waals surface area contributed by atoms with E-state index in [1.165, 1.54) is 6.07 Å². The van der Waals surface area contributed by atoms with Crippen molar-refractivity contribution >= 4 is 21.7 Å². The van der Waals surface area contributed by atoms with Crippen molar-refractivity contribution < 1.29 is 9.52 Å². The summed E-state index contributed by atoms with van der Waals surface area (Å²) in [5, 5.41) is 12.1. The molecule has 0 saturated carbocycles. The minimum absolute atomic E-state index is 0.199. The highest BCUT2D eigenvalue weighted by molar-refractivity contribution is 6.07. The Labute approximate surface area is 96.9 Å². The fraction of sp³-hybridized carbons (Fsp3) is 0.0714. The number of hydrogen-bond acceptors (Lipinski definition) is 3. The molecule has 1 N–H and O–H groups in total. The second kappa shape index (κ2) is 3.35. The minimum atomic E-state index is -0.370. The van der Waals surface area contributed by atoms with Crippen molar-refractivity contribution in [2.24, 2.45) is 0 Å². The molecule has 0 unspecified atom stereocenters. The largest absolute Gasteiger partial charge is 0.507 e. The molecule has 0 aliphatic rings. The summed E-state index contributed by atoms with van der Waals surface area (Å²) in [6, 6.07) is 10.4. The average molecular weight is 226 g/mol. The van der Waals surface area contributed by atoms with Crippen LogP contribution in [0, 0.1) is 6.92 Å². The molecule has 3 rings (SSSR count). The van der Waals surface area contributed by atoms with Crippen LogP contribution in [0.1, 0.15) is 5.56 Å². The van der Waals surface area contributed by atoms with E-state index in [-0.39, 0.29) is 11.4 Å². The lowest BCUT2D eigenvalue weighted by atomic mass is 10.0. The van der Waals surface area contributed by atoms with Gasteiger partial charge < -0.3 is 9.52 Å². The van der Waals surface area contributed by atoms with E-state index in [4.69, 9.17) is 4.42 Å². The molecule has 2 aromatic carbocycles. The predicted molar refractivity (Wildman–Crippen MR) is 66.4 cm³/mol. The Bertz CT molecular complexity index is 784.